The van der Waals surface area contributed by atoms with Gasteiger partial charge in [-0.3, -0.25) is 57.4 Å². The maximum atomic E-state index is 15.5. The average molecular weight is 2080 g/mol. The summed E-state index contributed by atoms with van der Waals surface area (Å²) in [4.78, 5) is 119. The van der Waals surface area contributed by atoms with E-state index in [1.54, 1.807) is 82.1 Å². The topological polar surface area (TPSA) is 346 Å². The molecule has 3 aliphatic heterocycles. The number of piperazine rings is 3. The van der Waals surface area contributed by atoms with Gasteiger partial charge in [-0.25, -0.2) is 36.9 Å². The number of halogens is 15. The molecule has 0 aliphatic carbocycles. The summed E-state index contributed by atoms with van der Waals surface area (Å²) in [5.74, 6) is -10.9. The first-order valence-corrected chi connectivity index (χ1v) is 46.2. The number of carbonyl (C=O) groups is 3. The van der Waals surface area contributed by atoms with Crippen LogP contribution in [-0.2, 0) is 14.4 Å². The molecule has 3 saturated heterocycles. The fourth-order valence-corrected chi connectivity index (χ4v) is 20.0. The van der Waals surface area contributed by atoms with Crippen LogP contribution in [0.1, 0.15) is 131 Å². The van der Waals surface area contributed by atoms with Crippen molar-refractivity contribution in [1.82, 2.24) is 58.3 Å². The van der Waals surface area contributed by atoms with Crippen LogP contribution in [0, 0.1) is 83.9 Å². The summed E-state index contributed by atoms with van der Waals surface area (Å²) >= 11 is 62.8. The van der Waals surface area contributed by atoms with Gasteiger partial charge in [-0.2, -0.15) is 15.8 Å². The van der Waals surface area contributed by atoms with E-state index < -0.39 is 109 Å². The predicted octanol–water partition coefficient (Wildman–Crippen LogP) is 21.3. The molecule has 12 heterocycles. The zero-order valence-electron chi connectivity index (χ0n) is 75.4. The van der Waals surface area contributed by atoms with Crippen LogP contribution in [0.5, 0.6) is 17.2 Å². The van der Waals surface area contributed by atoms with Gasteiger partial charge < -0.3 is 44.7 Å². The monoisotopic (exact) mass is 2070 g/mol. The van der Waals surface area contributed by atoms with Gasteiger partial charge in [0.1, 0.15) is 66.9 Å². The van der Waals surface area contributed by atoms with E-state index in [1.807, 2.05) is 67.2 Å². The number of phenols is 3. The summed E-state index contributed by atoms with van der Waals surface area (Å²) < 4.78 is 79.6. The van der Waals surface area contributed by atoms with Crippen LogP contribution in [0.4, 0.5) is 39.0 Å². The second kappa shape index (κ2) is 41.0. The highest BCUT2D eigenvalue weighted by molar-refractivity contribution is 6.45. The van der Waals surface area contributed by atoms with Gasteiger partial charge in [0.15, 0.2) is 46.3 Å². The molecule has 3 N–H and O–H groups in total. The molecule has 12 aromatic rings. The normalized spacial score (nSPS) is 15.0. The Morgan fingerprint density at radius 3 is 0.899 bits per heavy atom. The number of aryl methyl sites for hydroxylation is 3. The van der Waals surface area contributed by atoms with E-state index in [1.165, 1.54) is 50.1 Å². The molecule has 3 fully saturated rings. The Labute approximate surface area is 836 Å². The lowest BCUT2D eigenvalue weighted by molar-refractivity contribution is -0.129. The number of fused-ring (bicyclic) bond motifs is 3. The van der Waals surface area contributed by atoms with Crippen LogP contribution in [-0.4, -0.2) is 168 Å². The summed E-state index contributed by atoms with van der Waals surface area (Å²) in [6, 6.07) is 14.6. The minimum atomic E-state index is -1.37. The molecule has 0 radical (unpaired) electrons. The number of rotatable bonds is 15. The van der Waals surface area contributed by atoms with Gasteiger partial charge in [-0.1, -0.05) is 177 Å². The minimum Gasteiger partial charge on any atom is -0.505 e. The van der Waals surface area contributed by atoms with Gasteiger partial charge in [0.25, 0.3) is 16.7 Å². The Morgan fingerprint density at radius 2 is 0.652 bits per heavy atom. The number of carbonyl (C=O) groups excluding carboxylic acids is 3. The molecule has 138 heavy (non-hydrogen) atoms. The van der Waals surface area contributed by atoms with E-state index in [9.17, 15) is 68.7 Å². The molecule has 3 amide bonds. The highest BCUT2D eigenvalue weighted by Gasteiger charge is 2.40. The van der Waals surface area contributed by atoms with Gasteiger partial charge >= 0.3 is 0 Å². The summed E-state index contributed by atoms with van der Waals surface area (Å²) in [5, 5.41) is 57.6. The Balaban J connectivity index is 0.000000175. The summed E-state index contributed by atoms with van der Waals surface area (Å²) in [6.45, 7) is 35.3. The summed E-state index contributed by atoms with van der Waals surface area (Å²) in [5.41, 5.74) is 0.0277. The maximum absolute atomic E-state index is 15.5. The van der Waals surface area contributed by atoms with E-state index in [4.69, 9.17) is 121 Å². The lowest BCUT2D eigenvalue weighted by atomic mass is 10.0. The third-order valence-electron chi connectivity index (χ3n) is 24.0. The second-order valence-corrected chi connectivity index (χ2v) is 37.4. The molecule has 15 rings (SSSR count). The molecule has 3 aromatic carbocycles. The molecule has 27 nitrogen and oxygen atoms in total. The van der Waals surface area contributed by atoms with Crippen LogP contribution < -0.4 is 31.4 Å². The molecule has 0 spiro atoms. The van der Waals surface area contributed by atoms with Crippen LogP contribution in [0.15, 0.2) is 107 Å². The first-order valence-electron chi connectivity index (χ1n) is 42.4. The fraction of sp³-hybridized carbons (Fsp3) is 0.281. The molecular weight excluding hydrogens is 2000 g/mol. The zero-order chi connectivity index (χ0) is 101. The molecule has 0 saturated carbocycles. The summed E-state index contributed by atoms with van der Waals surface area (Å²) in [7, 11) is 0. The smallest absolute Gasteiger partial charge is 0.276 e. The molecule has 0 unspecified atom stereocenters. The number of benzene rings is 3. The van der Waals surface area contributed by atoms with Crippen molar-refractivity contribution >= 4 is 184 Å². The number of phenolic OH excluding ortho intramolecular Hbond substituents is 3. The molecule has 0 bridgehead atoms. The lowest BCUT2D eigenvalue weighted by Gasteiger charge is -2.41. The van der Waals surface area contributed by atoms with Crippen molar-refractivity contribution in [2.24, 2.45) is 0 Å². The van der Waals surface area contributed by atoms with Crippen molar-refractivity contribution in [3.05, 3.63) is 254 Å². The minimum absolute atomic E-state index is 0.0515. The first kappa shape index (κ1) is 103. The number of hydrogen-bond acceptors (Lipinski definition) is 21. The van der Waals surface area contributed by atoms with Gasteiger partial charge in [0.05, 0.1) is 115 Å². The largest absolute Gasteiger partial charge is 0.505 e. The van der Waals surface area contributed by atoms with Gasteiger partial charge in [-0.05, 0) is 131 Å². The van der Waals surface area contributed by atoms with E-state index in [-0.39, 0.29) is 205 Å². The van der Waals surface area contributed by atoms with Crippen LogP contribution in [0.3, 0.4) is 0 Å². The Hall–Kier alpha value is -12.4. The van der Waals surface area contributed by atoms with Crippen molar-refractivity contribution in [1.29, 1.82) is 15.8 Å². The van der Waals surface area contributed by atoms with Crippen LogP contribution in [0.25, 0.3) is 83.9 Å². The molecular formula is C96H81Cl10F5N18O9. The van der Waals surface area contributed by atoms with Crippen LogP contribution >= 0.6 is 116 Å². The highest BCUT2D eigenvalue weighted by Crippen LogP contribution is 2.52. The molecule has 3 atom stereocenters. The summed E-state index contributed by atoms with van der Waals surface area (Å²) in [6.07, 6.45) is 8.50. The fourth-order valence-electron chi connectivity index (χ4n) is 17.4. The average Bonchev–Trinajstić information content (AvgIpc) is 0.726. The molecule has 9 aromatic heterocycles. The number of hydrogen-bond donors (Lipinski definition) is 3. The Bertz CT molecular complexity index is 6790. The van der Waals surface area contributed by atoms with E-state index in [0.717, 1.165) is 0 Å². The lowest BCUT2D eigenvalue weighted by Crippen LogP contribution is -2.54. The van der Waals surface area contributed by atoms with E-state index in [0.29, 0.717) is 62.8 Å². The quantitative estimate of drug-likeness (QED) is 0.0371. The predicted molar refractivity (Wildman–Crippen MR) is 528 cm³/mol. The van der Waals surface area contributed by atoms with Crippen molar-refractivity contribution in [3.63, 3.8) is 0 Å². The molecule has 3 aliphatic rings. The number of nitriles is 3. The zero-order valence-corrected chi connectivity index (χ0v) is 82.9. The second-order valence-electron chi connectivity index (χ2n) is 33.6. The number of aromatic hydroxyl groups is 3. The molecule has 714 valence electrons. The van der Waals surface area contributed by atoms with Crippen molar-refractivity contribution in [2.75, 3.05) is 73.6 Å². The van der Waals surface area contributed by atoms with Crippen molar-refractivity contribution in [3.8, 4) is 86.3 Å². The van der Waals surface area contributed by atoms with E-state index >= 15 is 13.2 Å². The van der Waals surface area contributed by atoms with Crippen molar-refractivity contribution in [2.45, 2.75) is 119 Å². The first-order chi connectivity index (χ1) is 65.2. The third kappa shape index (κ3) is 18.1. The number of anilines is 3. The number of aromatic nitrogens is 9. The standard InChI is InChI=1S/C32H27Cl4FN6O3.2C32H27Cl3F2N6O3/c1-6-20(44)42-10-9-41(13-16(42)5)29-17-11-19(33)27(21-22(34)25(37)24(36)30(45)23(21)35)40-31(17)43(32(46)18(29)12-38)28-15(4)7-8-39-26(28)14(2)3;2*1-6-20(44)42-10-9-41(13-16(42)5)29-17-11-19(33)27(21-22(34)25(37)23(35)30(45)24(21)36)40-31(17)43(32(46)18(29)12-38)28-15(4)7-8-39-26(28)14(2)3/h3*6-8,11,14,16,45H,1,9-10,13H2,2-5H3/t3*16-/m111/s1. The van der Waals surface area contributed by atoms with E-state index in [2.05, 4.69) is 62.9 Å². The van der Waals surface area contributed by atoms with Gasteiger partial charge in [0.2, 0.25) is 17.7 Å². The Kier molecular flexibility index (Phi) is 30.6. The van der Waals surface area contributed by atoms with Gasteiger partial charge in [-0.15, -0.1) is 0 Å². The molecule has 42 heteroatoms. The number of pyridine rings is 9. The van der Waals surface area contributed by atoms with Gasteiger partial charge in [0, 0.05) is 117 Å². The van der Waals surface area contributed by atoms with Crippen LogP contribution in [0.2, 0.25) is 50.2 Å². The number of amides is 3. The SMILES string of the molecule is C=CC(=O)N1CCN(c2c(C#N)c(=O)n(-c3c(C)ccnc3C(C)C)c3nc(-c4c(Cl)c(O)c(Cl)c(F)c4Cl)c(Cl)cc23)C[C@H]1C.C=CC(=O)N1CCN(c2c(C#N)c(=O)n(-c3c(C)ccnc3C(C)C)c3nc(-c4c(F)c(O)c(Cl)c(F)c4Cl)c(Cl)cc23)C[C@H]1C.C=CC(=O)N1CCN(c2c(C#N)c(=O)n(-c3c(C)ccnc3C(C)C)c3nc(-c4c(F)c(O)c(Cl)c(F)c4Cl)c(Cl)cc23)C[C@H]1C. The Morgan fingerprint density at radius 1 is 0.399 bits per heavy atom. The van der Waals surface area contributed by atoms with Crippen molar-refractivity contribution < 1.29 is 51.7 Å². The highest BCUT2D eigenvalue weighted by atomic mass is 35.5. The maximum Gasteiger partial charge on any atom is 0.276 e. The number of nitrogens with zero attached hydrogens (tertiary/aromatic N) is 18. The third-order valence-corrected chi connectivity index (χ3v) is 27.3.